The van der Waals surface area contributed by atoms with Crippen LogP contribution in [-0.2, 0) is 6.42 Å². The van der Waals surface area contributed by atoms with Gasteiger partial charge in [0.05, 0.1) is 5.02 Å². The van der Waals surface area contributed by atoms with Crippen LogP contribution in [0.25, 0.3) is 0 Å². The van der Waals surface area contributed by atoms with E-state index in [2.05, 4.69) is 6.92 Å². The Bertz CT molecular complexity index is 425. The van der Waals surface area contributed by atoms with Crippen LogP contribution in [0.3, 0.4) is 0 Å². The lowest BCUT2D eigenvalue weighted by atomic mass is 9.67. The maximum Gasteiger partial charge on any atom is 0.142 e. The summed E-state index contributed by atoms with van der Waals surface area (Å²) in [6.45, 7) is 2.95. The van der Waals surface area contributed by atoms with Gasteiger partial charge in [-0.05, 0) is 67.7 Å². The van der Waals surface area contributed by atoms with Crippen LogP contribution in [0, 0.1) is 17.2 Å². The molecule has 1 aromatic rings. The SMILES string of the molecule is CCC1CCC(CN)(Cc2ccc(Cl)c(F)c2)CC1. The number of halogens is 2. The van der Waals surface area contributed by atoms with E-state index in [4.69, 9.17) is 17.3 Å². The van der Waals surface area contributed by atoms with E-state index in [0.29, 0.717) is 6.54 Å². The number of hydrogen-bond donors (Lipinski definition) is 1. The topological polar surface area (TPSA) is 26.0 Å². The molecule has 1 nitrogen and oxygen atoms in total. The number of hydrogen-bond acceptors (Lipinski definition) is 1. The second-order valence-electron chi connectivity index (χ2n) is 5.98. The lowest BCUT2D eigenvalue weighted by Gasteiger charge is -2.39. The molecule has 1 saturated carbocycles. The van der Waals surface area contributed by atoms with Crippen molar-refractivity contribution in [2.45, 2.75) is 45.4 Å². The molecule has 0 atom stereocenters. The van der Waals surface area contributed by atoms with E-state index in [0.717, 1.165) is 30.7 Å². The van der Waals surface area contributed by atoms with E-state index >= 15 is 0 Å². The van der Waals surface area contributed by atoms with Gasteiger partial charge in [0.2, 0.25) is 0 Å². The molecule has 0 heterocycles. The van der Waals surface area contributed by atoms with Crippen molar-refractivity contribution in [3.8, 4) is 0 Å². The molecule has 0 saturated heterocycles. The standard InChI is InChI=1S/C16H23ClFN/c1-2-12-5-7-16(11-19,8-6-12)10-13-3-4-14(17)15(18)9-13/h3-4,9,12H,2,5-8,10-11,19H2,1H3. The average molecular weight is 284 g/mol. The van der Waals surface area contributed by atoms with Gasteiger partial charge in [-0.2, -0.15) is 0 Å². The van der Waals surface area contributed by atoms with Crippen LogP contribution < -0.4 is 5.73 Å². The van der Waals surface area contributed by atoms with Crippen LogP contribution in [0.5, 0.6) is 0 Å². The lowest BCUT2D eigenvalue weighted by Crippen LogP contribution is -2.36. The number of benzene rings is 1. The Morgan fingerprint density at radius 3 is 2.58 bits per heavy atom. The van der Waals surface area contributed by atoms with Crippen molar-refractivity contribution < 1.29 is 4.39 Å². The molecular formula is C16H23ClFN. The molecular weight excluding hydrogens is 261 g/mol. The fourth-order valence-electron chi connectivity index (χ4n) is 3.23. The zero-order valence-corrected chi connectivity index (χ0v) is 12.3. The maximum absolute atomic E-state index is 13.5. The van der Waals surface area contributed by atoms with E-state index in [1.165, 1.54) is 19.3 Å². The van der Waals surface area contributed by atoms with Crippen molar-refractivity contribution in [3.05, 3.63) is 34.6 Å². The molecule has 2 rings (SSSR count). The fourth-order valence-corrected chi connectivity index (χ4v) is 3.35. The van der Waals surface area contributed by atoms with Gasteiger partial charge in [0.1, 0.15) is 5.82 Å². The van der Waals surface area contributed by atoms with Crippen LogP contribution >= 0.6 is 11.6 Å². The first-order chi connectivity index (χ1) is 9.08. The van der Waals surface area contributed by atoms with Crippen molar-refractivity contribution in [3.63, 3.8) is 0 Å². The first-order valence-corrected chi connectivity index (χ1v) is 7.60. The Kier molecular flexibility index (Phi) is 4.86. The quantitative estimate of drug-likeness (QED) is 0.861. The van der Waals surface area contributed by atoms with Crippen molar-refractivity contribution in [2.24, 2.45) is 17.1 Å². The van der Waals surface area contributed by atoms with Crippen molar-refractivity contribution in [2.75, 3.05) is 6.54 Å². The molecule has 0 bridgehead atoms. The summed E-state index contributed by atoms with van der Waals surface area (Å²) in [5, 5.41) is 0.195. The molecule has 0 amide bonds. The smallest absolute Gasteiger partial charge is 0.142 e. The van der Waals surface area contributed by atoms with E-state index in [9.17, 15) is 4.39 Å². The summed E-state index contributed by atoms with van der Waals surface area (Å²) in [7, 11) is 0. The second kappa shape index (κ2) is 6.23. The summed E-state index contributed by atoms with van der Waals surface area (Å²) in [4.78, 5) is 0. The molecule has 3 heteroatoms. The molecule has 1 fully saturated rings. The van der Waals surface area contributed by atoms with E-state index in [1.807, 2.05) is 6.07 Å². The van der Waals surface area contributed by atoms with Gasteiger partial charge in [0.25, 0.3) is 0 Å². The van der Waals surface area contributed by atoms with Crippen molar-refractivity contribution in [1.82, 2.24) is 0 Å². The third-order valence-corrected chi connectivity index (χ3v) is 5.05. The van der Waals surface area contributed by atoms with Gasteiger partial charge in [-0.1, -0.05) is 31.0 Å². The van der Waals surface area contributed by atoms with E-state index in [1.54, 1.807) is 12.1 Å². The predicted octanol–water partition coefficient (Wildman–Crippen LogP) is 4.57. The Labute approximate surface area is 120 Å². The molecule has 106 valence electrons. The monoisotopic (exact) mass is 283 g/mol. The van der Waals surface area contributed by atoms with Crippen LogP contribution in [0.1, 0.15) is 44.6 Å². The van der Waals surface area contributed by atoms with Crippen LogP contribution in [0.2, 0.25) is 5.02 Å². The lowest BCUT2D eigenvalue weighted by molar-refractivity contribution is 0.153. The first kappa shape index (κ1) is 14.8. The summed E-state index contributed by atoms with van der Waals surface area (Å²) in [6, 6.07) is 5.13. The molecule has 2 N–H and O–H groups in total. The van der Waals surface area contributed by atoms with Gasteiger partial charge in [0, 0.05) is 0 Å². The second-order valence-corrected chi connectivity index (χ2v) is 6.39. The highest BCUT2D eigenvalue weighted by atomic mass is 35.5. The van der Waals surface area contributed by atoms with Crippen LogP contribution in [0.15, 0.2) is 18.2 Å². The Morgan fingerprint density at radius 1 is 1.37 bits per heavy atom. The molecule has 0 unspecified atom stereocenters. The van der Waals surface area contributed by atoms with Gasteiger partial charge in [-0.3, -0.25) is 0 Å². The van der Waals surface area contributed by atoms with Gasteiger partial charge in [-0.15, -0.1) is 0 Å². The highest BCUT2D eigenvalue weighted by molar-refractivity contribution is 6.30. The summed E-state index contributed by atoms with van der Waals surface area (Å²) in [5.41, 5.74) is 7.20. The van der Waals surface area contributed by atoms with E-state index < -0.39 is 0 Å². The van der Waals surface area contributed by atoms with Crippen LogP contribution in [-0.4, -0.2) is 6.54 Å². The molecule has 0 spiro atoms. The van der Waals surface area contributed by atoms with Crippen LogP contribution in [0.4, 0.5) is 4.39 Å². The maximum atomic E-state index is 13.5. The summed E-state index contributed by atoms with van der Waals surface area (Å²) < 4.78 is 13.5. The fraction of sp³-hybridized carbons (Fsp3) is 0.625. The summed E-state index contributed by atoms with van der Waals surface area (Å²) in [6.07, 6.45) is 6.95. The summed E-state index contributed by atoms with van der Waals surface area (Å²) >= 11 is 5.73. The highest BCUT2D eigenvalue weighted by Gasteiger charge is 2.33. The normalized spacial score (nSPS) is 27.5. The van der Waals surface area contributed by atoms with Gasteiger partial charge < -0.3 is 5.73 Å². The Balaban J connectivity index is 2.08. The van der Waals surface area contributed by atoms with Gasteiger partial charge in [0.15, 0.2) is 0 Å². The molecule has 19 heavy (non-hydrogen) atoms. The number of rotatable bonds is 4. The zero-order chi connectivity index (χ0) is 13.9. The first-order valence-electron chi connectivity index (χ1n) is 7.22. The molecule has 1 aliphatic rings. The third-order valence-electron chi connectivity index (χ3n) is 4.74. The third kappa shape index (κ3) is 3.49. The Morgan fingerprint density at radius 2 is 2.05 bits per heavy atom. The Hall–Kier alpha value is -0.600. The minimum Gasteiger partial charge on any atom is -0.330 e. The molecule has 1 aromatic carbocycles. The molecule has 0 radical (unpaired) electrons. The van der Waals surface area contributed by atoms with Gasteiger partial charge in [-0.25, -0.2) is 4.39 Å². The molecule has 1 aliphatic carbocycles. The van der Waals surface area contributed by atoms with E-state index in [-0.39, 0.29) is 16.3 Å². The summed E-state index contributed by atoms with van der Waals surface area (Å²) in [5.74, 6) is 0.523. The zero-order valence-electron chi connectivity index (χ0n) is 11.6. The minimum atomic E-state index is -0.325. The van der Waals surface area contributed by atoms with Gasteiger partial charge >= 0.3 is 0 Å². The number of nitrogens with two attached hydrogens (primary N) is 1. The average Bonchev–Trinajstić information content (AvgIpc) is 2.44. The van der Waals surface area contributed by atoms with Crippen molar-refractivity contribution >= 4 is 11.6 Å². The largest absolute Gasteiger partial charge is 0.330 e. The molecule has 0 aromatic heterocycles. The molecule has 0 aliphatic heterocycles. The highest BCUT2D eigenvalue weighted by Crippen LogP contribution is 2.41. The minimum absolute atomic E-state index is 0.159. The predicted molar refractivity (Wildman–Crippen MR) is 78.9 cm³/mol. The van der Waals surface area contributed by atoms with Crippen molar-refractivity contribution in [1.29, 1.82) is 0 Å².